The maximum atomic E-state index is 10.1. The summed E-state index contributed by atoms with van der Waals surface area (Å²) in [5.41, 5.74) is 1.13. The minimum atomic E-state index is 0.106. The Morgan fingerprint density at radius 3 is 2.30 bits per heavy atom. The average Bonchev–Trinajstić information content (AvgIpc) is 2.56. The molecule has 1 aromatic carbocycles. The number of phenols is 1. The van der Waals surface area contributed by atoms with Crippen molar-refractivity contribution in [1.82, 2.24) is 0 Å². The van der Waals surface area contributed by atoms with Crippen molar-refractivity contribution < 1.29 is 15.1 Å². The lowest BCUT2D eigenvalue weighted by Crippen LogP contribution is -2.03. The van der Waals surface area contributed by atoms with Crippen LogP contribution < -0.4 is 4.74 Å². The molecule has 0 amide bonds. The highest BCUT2D eigenvalue weighted by atomic mass is 16.5. The Hall–Kier alpha value is -1.71. The van der Waals surface area contributed by atoms with Crippen LogP contribution in [-0.4, -0.2) is 22.6 Å². The van der Waals surface area contributed by atoms with E-state index in [2.05, 4.69) is 12.1 Å². The summed E-state index contributed by atoms with van der Waals surface area (Å²) in [7, 11) is 0. The van der Waals surface area contributed by atoms with Gasteiger partial charge in [0.1, 0.15) is 11.5 Å². The van der Waals surface area contributed by atoms with E-state index in [1.54, 1.807) is 18.2 Å². The van der Waals surface area contributed by atoms with Gasteiger partial charge in [0.15, 0.2) is 0 Å². The van der Waals surface area contributed by atoms with E-state index in [0.29, 0.717) is 30.1 Å². The molecule has 0 bridgehead atoms. The Morgan fingerprint density at radius 2 is 1.70 bits per heavy atom. The number of oxime groups is 1. The summed E-state index contributed by atoms with van der Waals surface area (Å²) in [6.45, 7) is 4.87. The molecule has 0 atom stereocenters. The van der Waals surface area contributed by atoms with Crippen molar-refractivity contribution in [2.75, 3.05) is 6.61 Å². The second-order valence-corrected chi connectivity index (χ2v) is 5.95. The average molecular weight is 321 g/mol. The number of unbranched alkanes of at least 4 members (excludes halogenated alkanes) is 6. The largest absolute Gasteiger partial charge is 0.507 e. The molecule has 0 fully saturated rings. The first kappa shape index (κ1) is 19.3. The van der Waals surface area contributed by atoms with Gasteiger partial charge in [0, 0.05) is 11.6 Å². The van der Waals surface area contributed by atoms with Crippen molar-refractivity contribution in [2.24, 2.45) is 5.16 Å². The van der Waals surface area contributed by atoms with Crippen molar-refractivity contribution in [3.8, 4) is 11.5 Å². The SMILES string of the molecule is CCCCCCCCCC(=NO)c1ccc(OCCC)cc1O. The van der Waals surface area contributed by atoms with E-state index in [1.165, 1.54) is 32.1 Å². The molecular weight excluding hydrogens is 290 g/mol. The van der Waals surface area contributed by atoms with Gasteiger partial charge in [0.2, 0.25) is 0 Å². The van der Waals surface area contributed by atoms with Gasteiger partial charge in [-0.15, -0.1) is 0 Å². The first-order chi connectivity index (χ1) is 11.2. The Labute approximate surface area is 140 Å². The van der Waals surface area contributed by atoms with Crippen LogP contribution in [0.2, 0.25) is 0 Å². The molecule has 0 saturated heterocycles. The van der Waals surface area contributed by atoms with E-state index in [-0.39, 0.29) is 5.75 Å². The van der Waals surface area contributed by atoms with Gasteiger partial charge in [0.05, 0.1) is 12.3 Å². The Balaban J connectivity index is 2.45. The van der Waals surface area contributed by atoms with Gasteiger partial charge in [-0.2, -0.15) is 0 Å². The smallest absolute Gasteiger partial charge is 0.128 e. The summed E-state index contributed by atoms with van der Waals surface area (Å²) < 4.78 is 5.49. The van der Waals surface area contributed by atoms with Crippen molar-refractivity contribution in [1.29, 1.82) is 0 Å². The number of rotatable bonds is 12. The van der Waals surface area contributed by atoms with Crippen molar-refractivity contribution in [3.63, 3.8) is 0 Å². The minimum Gasteiger partial charge on any atom is -0.507 e. The number of nitrogens with zero attached hydrogens (tertiary/aromatic N) is 1. The van der Waals surface area contributed by atoms with Gasteiger partial charge in [-0.3, -0.25) is 0 Å². The fourth-order valence-corrected chi connectivity index (χ4v) is 2.55. The topological polar surface area (TPSA) is 62.1 Å². The highest BCUT2D eigenvalue weighted by molar-refractivity contribution is 6.02. The summed E-state index contributed by atoms with van der Waals surface area (Å²) in [6, 6.07) is 5.15. The zero-order valence-corrected chi connectivity index (χ0v) is 14.6. The van der Waals surface area contributed by atoms with Crippen molar-refractivity contribution >= 4 is 5.71 Å². The molecule has 0 aliphatic rings. The lowest BCUT2D eigenvalue weighted by Gasteiger charge is -2.10. The summed E-state index contributed by atoms with van der Waals surface area (Å²) in [4.78, 5) is 0. The molecule has 23 heavy (non-hydrogen) atoms. The quantitative estimate of drug-likeness (QED) is 0.231. The third-order valence-electron chi connectivity index (χ3n) is 3.89. The zero-order valence-electron chi connectivity index (χ0n) is 14.6. The van der Waals surface area contributed by atoms with Crippen LogP contribution in [0.3, 0.4) is 0 Å². The number of hydrogen-bond acceptors (Lipinski definition) is 4. The molecule has 0 radical (unpaired) electrons. The molecule has 0 aliphatic heterocycles. The maximum Gasteiger partial charge on any atom is 0.128 e. The predicted molar refractivity (Wildman–Crippen MR) is 94.8 cm³/mol. The summed E-state index contributed by atoms with van der Waals surface area (Å²) in [5.74, 6) is 0.746. The van der Waals surface area contributed by atoms with Gasteiger partial charge in [-0.25, -0.2) is 0 Å². The van der Waals surface area contributed by atoms with E-state index in [4.69, 9.17) is 4.74 Å². The van der Waals surface area contributed by atoms with E-state index in [0.717, 1.165) is 19.3 Å². The van der Waals surface area contributed by atoms with Crippen LogP contribution in [0.5, 0.6) is 11.5 Å². The van der Waals surface area contributed by atoms with Gasteiger partial charge in [-0.05, 0) is 31.4 Å². The maximum absolute atomic E-state index is 10.1. The molecular formula is C19H31NO3. The molecule has 1 aromatic rings. The molecule has 1 rings (SSSR count). The van der Waals surface area contributed by atoms with Gasteiger partial charge in [-0.1, -0.05) is 57.5 Å². The number of hydrogen-bond donors (Lipinski definition) is 2. The van der Waals surface area contributed by atoms with Crippen molar-refractivity contribution in [3.05, 3.63) is 23.8 Å². The van der Waals surface area contributed by atoms with Gasteiger partial charge >= 0.3 is 0 Å². The molecule has 130 valence electrons. The molecule has 4 heteroatoms. The first-order valence-corrected chi connectivity index (χ1v) is 8.90. The number of phenolic OH excluding ortho intramolecular Hbond substituents is 1. The van der Waals surface area contributed by atoms with Crippen LogP contribution >= 0.6 is 0 Å². The monoisotopic (exact) mass is 321 g/mol. The predicted octanol–water partition coefficient (Wildman–Crippen LogP) is 5.50. The summed E-state index contributed by atoms with van der Waals surface area (Å²) in [5, 5.41) is 22.7. The third kappa shape index (κ3) is 7.40. The molecule has 0 unspecified atom stereocenters. The third-order valence-corrected chi connectivity index (χ3v) is 3.89. The Kier molecular flexibility index (Phi) is 9.92. The highest BCUT2D eigenvalue weighted by Gasteiger charge is 2.11. The summed E-state index contributed by atoms with van der Waals surface area (Å²) >= 11 is 0. The van der Waals surface area contributed by atoms with Crippen LogP contribution in [0.25, 0.3) is 0 Å². The van der Waals surface area contributed by atoms with Crippen LogP contribution in [0.1, 0.15) is 77.2 Å². The molecule has 0 saturated carbocycles. The van der Waals surface area contributed by atoms with E-state index >= 15 is 0 Å². The molecule has 0 aromatic heterocycles. The fraction of sp³-hybridized carbons (Fsp3) is 0.632. The normalized spacial score (nSPS) is 11.7. The standard InChI is InChI=1S/C19H31NO3/c1-3-5-6-7-8-9-10-11-18(20-22)17-13-12-16(15-19(17)21)23-14-4-2/h12-13,15,21-22H,3-11,14H2,1-2H3. The zero-order chi connectivity index (χ0) is 16.9. The van der Waals surface area contributed by atoms with E-state index in [9.17, 15) is 10.3 Å². The van der Waals surface area contributed by atoms with E-state index in [1.807, 2.05) is 6.92 Å². The van der Waals surface area contributed by atoms with Crippen LogP contribution in [0, 0.1) is 0 Å². The van der Waals surface area contributed by atoms with Crippen LogP contribution in [0.15, 0.2) is 23.4 Å². The van der Waals surface area contributed by atoms with Crippen LogP contribution in [0.4, 0.5) is 0 Å². The first-order valence-electron chi connectivity index (χ1n) is 8.90. The van der Waals surface area contributed by atoms with Gasteiger partial charge in [0.25, 0.3) is 0 Å². The lowest BCUT2D eigenvalue weighted by atomic mass is 10.0. The molecule has 4 nitrogen and oxygen atoms in total. The molecule has 0 aliphatic carbocycles. The minimum absolute atomic E-state index is 0.106. The Morgan fingerprint density at radius 1 is 1.00 bits per heavy atom. The van der Waals surface area contributed by atoms with E-state index < -0.39 is 0 Å². The van der Waals surface area contributed by atoms with Gasteiger partial charge < -0.3 is 15.1 Å². The second kappa shape index (κ2) is 11.8. The number of aromatic hydroxyl groups is 1. The Bertz CT molecular complexity index is 472. The highest BCUT2D eigenvalue weighted by Crippen LogP contribution is 2.26. The number of ether oxygens (including phenoxy) is 1. The molecule has 0 spiro atoms. The number of benzene rings is 1. The lowest BCUT2D eigenvalue weighted by molar-refractivity contribution is 0.314. The second-order valence-electron chi connectivity index (χ2n) is 5.95. The van der Waals surface area contributed by atoms with Crippen LogP contribution in [-0.2, 0) is 0 Å². The fourth-order valence-electron chi connectivity index (χ4n) is 2.55. The molecule has 0 heterocycles. The summed E-state index contributed by atoms with van der Waals surface area (Å²) in [6.07, 6.45) is 10.1. The molecule has 2 N–H and O–H groups in total. The van der Waals surface area contributed by atoms with Crippen molar-refractivity contribution in [2.45, 2.75) is 71.6 Å².